The van der Waals surface area contributed by atoms with Crippen LogP contribution in [0.5, 0.6) is 0 Å². The smallest absolute Gasteiger partial charge is 0.185 e. The van der Waals surface area contributed by atoms with Crippen molar-refractivity contribution >= 4 is 28.2 Å². The Balaban J connectivity index is 1.81. The van der Waals surface area contributed by atoms with Crippen LogP contribution in [0.2, 0.25) is 0 Å². The molecule has 0 aromatic carbocycles. The van der Waals surface area contributed by atoms with E-state index in [-0.39, 0.29) is 0 Å². The molecule has 1 aliphatic heterocycles. The summed E-state index contributed by atoms with van der Waals surface area (Å²) in [5.41, 5.74) is 1.39. The summed E-state index contributed by atoms with van der Waals surface area (Å²) >= 11 is 3.96. The van der Waals surface area contributed by atoms with Crippen molar-refractivity contribution in [1.29, 1.82) is 0 Å². The van der Waals surface area contributed by atoms with Gasteiger partial charge in [-0.2, -0.15) is 11.8 Å². The second kappa shape index (κ2) is 5.16. The Morgan fingerprint density at radius 2 is 2.12 bits per heavy atom. The van der Waals surface area contributed by atoms with E-state index in [1.165, 1.54) is 53.1 Å². The van der Waals surface area contributed by atoms with Crippen molar-refractivity contribution in [3.63, 3.8) is 0 Å². The first kappa shape index (κ1) is 11.8. The molecule has 0 spiro atoms. The minimum atomic E-state index is 0.766. The summed E-state index contributed by atoms with van der Waals surface area (Å²) in [6.07, 6.45) is 2.69. The standard InChI is InChI=1S/C12H19N3S2/c1-13-8-10-11(9-2-3-9)14-12(17-10)15-4-6-16-7-5-15/h9,13H,2-8H2,1H3. The third-order valence-corrected chi connectivity index (χ3v) is 5.37. The van der Waals surface area contributed by atoms with Crippen molar-refractivity contribution in [2.45, 2.75) is 25.3 Å². The van der Waals surface area contributed by atoms with Crippen molar-refractivity contribution in [2.24, 2.45) is 0 Å². The van der Waals surface area contributed by atoms with Gasteiger partial charge in [-0.15, -0.1) is 11.3 Å². The molecular weight excluding hydrogens is 250 g/mol. The fraction of sp³-hybridized carbons (Fsp3) is 0.750. The van der Waals surface area contributed by atoms with Crippen LogP contribution in [0.3, 0.4) is 0 Å². The zero-order chi connectivity index (χ0) is 11.7. The van der Waals surface area contributed by atoms with Crippen LogP contribution in [-0.2, 0) is 6.54 Å². The SMILES string of the molecule is CNCc1sc(N2CCSCC2)nc1C1CC1. The monoisotopic (exact) mass is 269 g/mol. The summed E-state index contributed by atoms with van der Waals surface area (Å²) < 4.78 is 0. The van der Waals surface area contributed by atoms with Crippen LogP contribution in [0.4, 0.5) is 5.13 Å². The molecule has 1 aromatic rings. The lowest BCUT2D eigenvalue weighted by molar-refractivity contribution is 0.809. The Morgan fingerprint density at radius 1 is 1.35 bits per heavy atom. The molecule has 3 rings (SSSR count). The number of nitrogens with zero attached hydrogens (tertiary/aromatic N) is 2. The number of anilines is 1. The van der Waals surface area contributed by atoms with E-state index in [1.54, 1.807) is 0 Å². The average Bonchev–Trinajstić information content (AvgIpc) is 3.13. The topological polar surface area (TPSA) is 28.2 Å². The maximum Gasteiger partial charge on any atom is 0.185 e. The van der Waals surface area contributed by atoms with Gasteiger partial charge in [-0.25, -0.2) is 4.98 Å². The molecule has 0 amide bonds. The van der Waals surface area contributed by atoms with Gasteiger partial charge in [-0.05, 0) is 19.9 Å². The van der Waals surface area contributed by atoms with E-state index in [2.05, 4.69) is 22.0 Å². The van der Waals surface area contributed by atoms with Crippen LogP contribution in [0.1, 0.15) is 29.3 Å². The number of hydrogen-bond acceptors (Lipinski definition) is 5. The quantitative estimate of drug-likeness (QED) is 0.908. The summed E-state index contributed by atoms with van der Waals surface area (Å²) in [5.74, 6) is 3.27. The number of thioether (sulfide) groups is 1. The first-order valence-corrected chi connectivity index (χ1v) is 8.32. The minimum Gasteiger partial charge on any atom is -0.346 e. The molecule has 1 saturated heterocycles. The molecule has 1 aliphatic carbocycles. The highest BCUT2D eigenvalue weighted by Crippen LogP contribution is 2.44. The third-order valence-electron chi connectivity index (χ3n) is 3.30. The Bertz CT molecular complexity index is 381. The molecular formula is C12H19N3S2. The van der Waals surface area contributed by atoms with E-state index >= 15 is 0 Å². The van der Waals surface area contributed by atoms with E-state index in [9.17, 15) is 0 Å². The van der Waals surface area contributed by atoms with E-state index in [1.807, 2.05) is 18.4 Å². The molecule has 1 aromatic heterocycles. The molecule has 3 nitrogen and oxygen atoms in total. The molecule has 2 fully saturated rings. The lowest BCUT2D eigenvalue weighted by Gasteiger charge is -2.25. The van der Waals surface area contributed by atoms with Gasteiger partial charge in [0.25, 0.3) is 0 Å². The molecule has 94 valence electrons. The van der Waals surface area contributed by atoms with Gasteiger partial charge in [0.05, 0.1) is 5.69 Å². The third kappa shape index (κ3) is 2.61. The molecule has 0 bridgehead atoms. The zero-order valence-electron chi connectivity index (χ0n) is 10.2. The number of nitrogens with one attached hydrogen (secondary N) is 1. The van der Waals surface area contributed by atoms with Crippen LogP contribution in [0.25, 0.3) is 0 Å². The second-order valence-electron chi connectivity index (χ2n) is 4.71. The van der Waals surface area contributed by atoms with Gasteiger partial charge in [-0.3, -0.25) is 0 Å². The highest BCUT2D eigenvalue weighted by molar-refractivity contribution is 7.99. The Kier molecular flexibility index (Phi) is 3.59. The summed E-state index contributed by atoms with van der Waals surface area (Å²) in [7, 11) is 2.02. The second-order valence-corrected chi connectivity index (χ2v) is 7.00. The molecule has 0 atom stereocenters. The fourth-order valence-electron chi connectivity index (χ4n) is 2.20. The maximum absolute atomic E-state index is 4.91. The van der Waals surface area contributed by atoms with Crippen molar-refractivity contribution in [2.75, 3.05) is 36.5 Å². The molecule has 1 saturated carbocycles. The van der Waals surface area contributed by atoms with E-state index in [4.69, 9.17) is 4.98 Å². The van der Waals surface area contributed by atoms with Gasteiger partial charge in [-0.1, -0.05) is 0 Å². The van der Waals surface area contributed by atoms with Crippen molar-refractivity contribution in [3.8, 4) is 0 Å². The predicted octanol–water partition coefficient (Wildman–Crippen LogP) is 2.29. The summed E-state index contributed by atoms with van der Waals surface area (Å²) in [4.78, 5) is 8.84. The highest BCUT2D eigenvalue weighted by atomic mass is 32.2. The fourth-order valence-corrected chi connectivity index (χ4v) is 4.32. The Hall–Kier alpha value is -0.260. The van der Waals surface area contributed by atoms with Crippen molar-refractivity contribution in [3.05, 3.63) is 10.6 Å². The van der Waals surface area contributed by atoms with Crippen LogP contribution >= 0.6 is 23.1 Å². The first-order chi connectivity index (χ1) is 8.38. The van der Waals surface area contributed by atoms with Gasteiger partial charge in [0.15, 0.2) is 5.13 Å². The van der Waals surface area contributed by atoms with Crippen LogP contribution < -0.4 is 10.2 Å². The lowest BCUT2D eigenvalue weighted by atomic mass is 10.2. The van der Waals surface area contributed by atoms with E-state index < -0.39 is 0 Å². The summed E-state index contributed by atoms with van der Waals surface area (Å²) in [5, 5.41) is 4.53. The molecule has 2 heterocycles. The maximum atomic E-state index is 4.91. The zero-order valence-corrected chi connectivity index (χ0v) is 11.9. The van der Waals surface area contributed by atoms with E-state index in [0.29, 0.717) is 0 Å². The lowest BCUT2D eigenvalue weighted by Crippen LogP contribution is -2.32. The molecule has 17 heavy (non-hydrogen) atoms. The van der Waals surface area contributed by atoms with E-state index in [0.717, 1.165) is 12.5 Å². The molecule has 5 heteroatoms. The number of hydrogen-bond donors (Lipinski definition) is 1. The highest BCUT2D eigenvalue weighted by Gasteiger charge is 2.30. The summed E-state index contributed by atoms with van der Waals surface area (Å²) in [6, 6.07) is 0. The van der Waals surface area contributed by atoms with Gasteiger partial charge in [0.2, 0.25) is 0 Å². The Labute approximate surface area is 111 Å². The van der Waals surface area contributed by atoms with Gasteiger partial charge < -0.3 is 10.2 Å². The largest absolute Gasteiger partial charge is 0.346 e. The number of thiazole rings is 1. The normalized spacial score (nSPS) is 20.9. The average molecular weight is 269 g/mol. The number of rotatable bonds is 4. The van der Waals surface area contributed by atoms with Crippen LogP contribution in [-0.4, -0.2) is 36.6 Å². The predicted molar refractivity (Wildman–Crippen MR) is 76.4 cm³/mol. The number of aromatic nitrogens is 1. The first-order valence-electron chi connectivity index (χ1n) is 6.35. The Morgan fingerprint density at radius 3 is 2.76 bits per heavy atom. The molecule has 0 unspecified atom stereocenters. The molecule has 2 aliphatic rings. The van der Waals surface area contributed by atoms with Gasteiger partial charge >= 0.3 is 0 Å². The van der Waals surface area contributed by atoms with Crippen molar-refractivity contribution < 1.29 is 0 Å². The van der Waals surface area contributed by atoms with Gasteiger partial charge in [0.1, 0.15) is 0 Å². The minimum absolute atomic E-state index is 0.766. The summed E-state index contributed by atoms with van der Waals surface area (Å²) in [6.45, 7) is 3.31. The van der Waals surface area contributed by atoms with Crippen molar-refractivity contribution in [1.82, 2.24) is 10.3 Å². The molecule has 0 radical (unpaired) electrons. The van der Waals surface area contributed by atoms with Gasteiger partial charge in [0, 0.05) is 41.9 Å². The van der Waals surface area contributed by atoms with Crippen LogP contribution in [0.15, 0.2) is 0 Å². The van der Waals surface area contributed by atoms with Crippen LogP contribution in [0, 0.1) is 0 Å². The molecule has 1 N–H and O–H groups in total.